The number of amides is 1. The van der Waals surface area contributed by atoms with Gasteiger partial charge in [-0.3, -0.25) is 4.79 Å². The number of anilines is 1. The molecule has 1 unspecified atom stereocenters. The first-order chi connectivity index (χ1) is 13.1. The number of benzene rings is 2. The Morgan fingerprint density at radius 2 is 2.11 bits per heavy atom. The van der Waals surface area contributed by atoms with E-state index in [9.17, 15) is 13.6 Å². The first kappa shape index (κ1) is 17.2. The van der Waals surface area contributed by atoms with Gasteiger partial charge in [0.2, 0.25) is 5.91 Å². The van der Waals surface area contributed by atoms with Crippen molar-refractivity contribution in [3.8, 4) is 11.4 Å². The van der Waals surface area contributed by atoms with Crippen molar-refractivity contribution in [2.24, 2.45) is 0 Å². The van der Waals surface area contributed by atoms with Crippen molar-refractivity contribution in [2.45, 2.75) is 19.3 Å². The van der Waals surface area contributed by atoms with Crippen molar-refractivity contribution in [1.29, 1.82) is 0 Å². The summed E-state index contributed by atoms with van der Waals surface area (Å²) in [6.45, 7) is 2.45. The maximum atomic E-state index is 14.2. The zero-order chi connectivity index (χ0) is 19.0. The predicted octanol–water partition coefficient (Wildman–Crippen LogP) is 4.02. The van der Waals surface area contributed by atoms with Gasteiger partial charge in [-0.2, -0.15) is 5.10 Å². The van der Waals surface area contributed by atoms with Gasteiger partial charge in [0.25, 0.3) is 0 Å². The molecule has 5 nitrogen and oxygen atoms in total. The van der Waals surface area contributed by atoms with Gasteiger partial charge in [0.1, 0.15) is 23.1 Å². The van der Waals surface area contributed by atoms with Crippen molar-refractivity contribution in [1.82, 2.24) is 9.78 Å². The number of carbonyl (C=O) groups excluding carboxylic acids is 1. The lowest BCUT2D eigenvalue weighted by molar-refractivity contribution is -0.116. The summed E-state index contributed by atoms with van der Waals surface area (Å²) >= 11 is 0. The Balaban J connectivity index is 1.79. The molecule has 2 aromatic carbocycles. The standard InChI is InChI=1S/C20H17F2N3O2/c1-2-27-14-5-3-4-12(8-14)15-10-19(26)24-20-16(15)11-23-25(20)18-7-6-13(21)9-17(18)22/h3-9,11,15H,2,10H2,1H3,(H,24,26). The quantitative estimate of drug-likeness (QED) is 0.756. The monoisotopic (exact) mass is 369 g/mol. The van der Waals surface area contributed by atoms with E-state index in [0.717, 1.165) is 29.0 Å². The maximum Gasteiger partial charge on any atom is 0.226 e. The molecule has 1 aliphatic heterocycles. The molecular weight excluding hydrogens is 352 g/mol. The van der Waals surface area contributed by atoms with Crippen LogP contribution < -0.4 is 10.1 Å². The Kier molecular flexibility index (Phi) is 4.35. The van der Waals surface area contributed by atoms with Crippen molar-refractivity contribution >= 4 is 11.7 Å². The highest BCUT2D eigenvalue weighted by Crippen LogP contribution is 2.39. The van der Waals surface area contributed by atoms with Gasteiger partial charge in [0.05, 0.1) is 12.8 Å². The Morgan fingerprint density at radius 3 is 2.89 bits per heavy atom. The zero-order valence-corrected chi connectivity index (χ0v) is 14.6. The lowest BCUT2D eigenvalue weighted by atomic mass is 9.87. The molecule has 0 saturated heterocycles. The molecule has 0 saturated carbocycles. The highest BCUT2D eigenvalue weighted by Gasteiger charge is 2.31. The smallest absolute Gasteiger partial charge is 0.226 e. The van der Waals surface area contributed by atoms with Crippen LogP contribution in [0.25, 0.3) is 5.69 Å². The minimum absolute atomic E-state index is 0.0710. The molecule has 0 aliphatic carbocycles. The van der Waals surface area contributed by atoms with E-state index >= 15 is 0 Å². The molecule has 1 amide bonds. The highest BCUT2D eigenvalue weighted by atomic mass is 19.1. The molecule has 3 aromatic rings. The van der Waals surface area contributed by atoms with Gasteiger partial charge in [-0.25, -0.2) is 13.5 Å². The van der Waals surface area contributed by atoms with Crippen LogP contribution in [0, 0.1) is 11.6 Å². The van der Waals surface area contributed by atoms with Crippen LogP contribution in [0.5, 0.6) is 5.75 Å². The topological polar surface area (TPSA) is 56.1 Å². The summed E-state index contributed by atoms with van der Waals surface area (Å²) in [5, 5.41) is 6.99. The van der Waals surface area contributed by atoms with Crippen LogP contribution in [-0.4, -0.2) is 22.3 Å². The number of halogens is 2. The van der Waals surface area contributed by atoms with E-state index in [1.165, 1.54) is 10.7 Å². The van der Waals surface area contributed by atoms with Gasteiger partial charge in [-0.15, -0.1) is 0 Å². The second kappa shape index (κ2) is 6.83. The Hall–Kier alpha value is -3.22. The number of nitrogens with zero attached hydrogens (tertiary/aromatic N) is 2. The summed E-state index contributed by atoms with van der Waals surface area (Å²) in [6, 6.07) is 10.8. The third-order valence-corrected chi connectivity index (χ3v) is 4.53. The molecule has 0 fully saturated rings. The molecule has 2 heterocycles. The third-order valence-electron chi connectivity index (χ3n) is 4.53. The van der Waals surface area contributed by atoms with Gasteiger partial charge >= 0.3 is 0 Å². The van der Waals surface area contributed by atoms with Gasteiger partial charge in [0, 0.05) is 24.0 Å². The molecule has 27 heavy (non-hydrogen) atoms. The predicted molar refractivity (Wildman–Crippen MR) is 96.2 cm³/mol. The molecular formula is C20H17F2N3O2. The van der Waals surface area contributed by atoms with Crippen LogP contribution in [0.1, 0.15) is 30.4 Å². The number of hydrogen-bond acceptors (Lipinski definition) is 3. The largest absolute Gasteiger partial charge is 0.494 e. The minimum Gasteiger partial charge on any atom is -0.494 e. The number of aromatic nitrogens is 2. The molecule has 0 radical (unpaired) electrons. The average molecular weight is 369 g/mol. The van der Waals surface area contributed by atoms with Crippen LogP contribution >= 0.6 is 0 Å². The number of rotatable bonds is 4. The summed E-state index contributed by atoms with van der Waals surface area (Å²) < 4.78 is 34.3. The fourth-order valence-corrected chi connectivity index (χ4v) is 3.34. The normalized spacial score (nSPS) is 16.0. The summed E-state index contributed by atoms with van der Waals surface area (Å²) in [7, 11) is 0. The van der Waals surface area contributed by atoms with E-state index in [4.69, 9.17) is 4.74 Å². The highest BCUT2D eigenvalue weighted by molar-refractivity contribution is 5.94. The number of hydrogen-bond donors (Lipinski definition) is 1. The summed E-state index contributed by atoms with van der Waals surface area (Å²) in [5.74, 6) is -0.740. The van der Waals surface area contributed by atoms with Gasteiger partial charge < -0.3 is 10.1 Å². The average Bonchev–Trinajstić information content (AvgIpc) is 3.05. The zero-order valence-electron chi connectivity index (χ0n) is 14.6. The molecule has 1 N–H and O–H groups in total. The second-order valence-electron chi connectivity index (χ2n) is 6.27. The van der Waals surface area contributed by atoms with Crippen molar-refractivity contribution in [3.63, 3.8) is 0 Å². The first-order valence-corrected chi connectivity index (χ1v) is 8.62. The summed E-state index contributed by atoms with van der Waals surface area (Å²) in [4.78, 5) is 12.3. The molecule has 0 bridgehead atoms. The van der Waals surface area contributed by atoms with Crippen LogP contribution in [0.15, 0.2) is 48.7 Å². The second-order valence-corrected chi connectivity index (χ2v) is 6.27. The van der Waals surface area contributed by atoms with Crippen molar-refractivity contribution in [2.75, 3.05) is 11.9 Å². The molecule has 7 heteroatoms. The van der Waals surface area contributed by atoms with E-state index < -0.39 is 11.6 Å². The van der Waals surface area contributed by atoms with Crippen LogP contribution in [-0.2, 0) is 4.79 Å². The molecule has 1 aliphatic rings. The van der Waals surface area contributed by atoms with Crippen molar-refractivity contribution < 1.29 is 18.3 Å². The Labute approximate surface area is 154 Å². The fourth-order valence-electron chi connectivity index (χ4n) is 3.34. The Bertz CT molecular complexity index is 1020. The number of fused-ring (bicyclic) bond motifs is 1. The minimum atomic E-state index is -0.754. The van der Waals surface area contributed by atoms with E-state index in [0.29, 0.717) is 12.4 Å². The van der Waals surface area contributed by atoms with Gasteiger partial charge in [-0.05, 0) is 36.8 Å². The molecule has 1 aromatic heterocycles. The summed E-state index contributed by atoms with van der Waals surface area (Å²) in [5.41, 5.74) is 1.75. The molecule has 0 spiro atoms. The lowest BCUT2D eigenvalue weighted by Gasteiger charge is -2.24. The molecule has 4 rings (SSSR count). The number of nitrogens with one attached hydrogen (secondary N) is 1. The van der Waals surface area contributed by atoms with Crippen LogP contribution in [0.2, 0.25) is 0 Å². The molecule has 1 atom stereocenters. The number of ether oxygens (including phenoxy) is 1. The van der Waals surface area contributed by atoms with Crippen LogP contribution in [0.3, 0.4) is 0 Å². The van der Waals surface area contributed by atoms with Crippen molar-refractivity contribution in [3.05, 3.63) is 71.4 Å². The third kappa shape index (κ3) is 3.16. The van der Waals surface area contributed by atoms with E-state index in [-0.39, 0.29) is 23.9 Å². The van der Waals surface area contributed by atoms with E-state index in [1.54, 1.807) is 6.20 Å². The van der Waals surface area contributed by atoms with E-state index in [2.05, 4.69) is 10.4 Å². The number of carbonyl (C=O) groups is 1. The lowest BCUT2D eigenvalue weighted by Crippen LogP contribution is -2.24. The SMILES string of the molecule is CCOc1cccc(C2CC(=O)Nc3c2cnn3-c2ccc(F)cc2F)c1. The van der Waals surface area contributed by atoms with E-state index in [1.807, 2.05) is 31.2 Å². The van der Waals surface area contributed by atoms with Gasteiger partial charge in [-0.1, -0.05) is 12.1 Å². The van der Waals surface area contributed by atoms with Gasteiger partial charge in [0.15, 0.2) is 5.82 Å². The first-order valence-electron chi connectivity index (χ1n) is 8.62. The fraction of sp³-hybridized carbons (Fsp3) is 0.200. The maximum absolute atomic E-state index is 14.2. The Morgan fingerprint density at radius 1 is 1.26 bits per heavy atom. The summed E-state index contributed by atoms with van der Waals surface area (Å²) in [6.07, 6.45) is 1.86. The molecule has 138 valence electrons. The van der Waals surface area contributed by atoms with Crippen LogP contribution in [0.4, 0.5) is 14.6 Å².